The van der Waals surface area contributed by atoms with Crippen molar-refractivity contribution in [1.82, 2.24) is 10.1 Å². The number of nitrogens with zero attached hydrogens (tertiary/aromatic N) is 2. The quantitative estimate of drug-likeness (QED) is 0.126. The van der Waals surface area contributed by atoms with Crippen molar-refractivity contribution >= 4 is 12.1 Å². The molecule has 0 saturated heterocycles. The number of carbonyl (C=O) groups is 2. The fraction of sp³-hybridized carbons (Fsp3) is 0.316. The zero-order chi connectivity index (χ0) is 33.6. The lowest BCUT2D eigenvalue weighted by Crippen LogP contribution is -2.35. The highest BCUT2D eigenvalue weighted by Gasteiger charge is 2.22. The summed E-state index contributed by atoms with van der Waals surface area (Å²) in [6.07, 6.45) is 4.35. The highest BCUT2D eigenvalue weighted by molar-refractivity contribution is 5.71. The second-order valence-corrected chi connectivity index (χ2v) is 12.1. The van der Waals surface area contributed by atoms with Gasteiger partial charge in [0.1, 0.15) is 24.7 Å². The number of nitrogens with two attached hydrogens (primary N) is 2. The normalized spacial score (nSPS) is 15.8. The summed E-state index contributed by atoms with van der Waals surface area (Å²) >= 11 is 0. The van der Waals surface area contributed by atoms with Crippen LogP contribution in [0, 0.1) is 11.8 Å². The topological polar surface area (TPSA) is 130 Å². The van der Waals surface area contributed by atoms with Gasteiger partial charge in [-0.3, -0.25) is 9.68 Å². The monoisotopic (exact) mass is 652 g/mol. The van der Waals surface area contributed by atoms with Crippen LogP contribution < -0.4 is 20.9 Å². The first-order valence-corrected chi connectivity index (χ1v) is 16.3. The van der Waals surface area contributed by atoms with Crippen molar-refractivity contribution in [2.75, 3.05) is 13.2 Å². The van der Waals surface area contributed by atoms with Crippen molar-refractivity contribution in [3.05, 3.63) is 131 Å². The fourth-order valence-corrected chi connectivity index (χ4v) is 5.53. The van der Waals surface area contributed by atoms with Gasteiger partial charge in [-0.25, -0.2) is 9.59 Å². The van der Waals surface area contributed by atoms with Gasteiger partial charge < -0.3 is 20.9 Å². The van der Waals surface area contributed by atoms with Gasteiger partial charge in [0.25, 0.3) is 0 Å². The molecule has 4 aromatic carbocycles. The maximum Gasteiger partial charge on any atom is 0.339 e. The van der Waals surface area contributed by atoms with Gasteiger partial charge in [-0.2, -0.15) is 10.1 Å². The van der Waals surface area contributed by atoms with Crippen molar-refractivity contribution in [2.45, 2.75) is 52.0 Å². The number of hydrogen-bond acceptors (Lipinski definition) is 6. The van der Waals surface area contributed by atoms with E-state index < -0.39 is 12.1 Å². The van der Waals surface area contributed by atoms with E-state index in [1.165, 1.54) is 10.1 Å². The van der Waals surface area contributed by atoms with Crippen LogP contribution in [0.15, 0.2) is 109 Å². The van der Waals surface area contributed by atoms with Crippen molar-refractivity contribution in [3.8, 4) is 11.5 Å². The van der Waals surface area contributed by atoms with Crippen LogP contribution in [-0.4, -0.2) is 35.4 Å². The Morgan fingerprint density at radius 1 is 0.521 bits per heavy atom. The maximum atomic E-state index is 11.9. The lowest BCUT2D eigenvalue weighted by Gasteiger charge is -2.28. The molecule has 1 aliphatic rings. The molecular formula is C38H44N4O6. The van der Waals surface area contributed by atoms with Crippen LogP contribution in [0.5, 0.6) is 11.5 Å². The first kappa shape index (κ1) is 34.3. The summed E-state index contributed by atoms with van der Waals surface area (Å²) in [7, 11) is 0. The van der Waals surface area contributed by atoms with Crippen LogP contribution in [0.1, 0.15) is 47.9 Å². The zero-order valence-electron chi connectivity index (χ0n) is 27.1. The number of urea groups is 2. The molecule has 1 saturated carbocycles. The van der Waals surface area contributed by atoms with Crippen LogP contribution in [0.25, 0.3) is 0 Å². The summed E-state index contributed by atoms with van der Waals surface area (Å²) in [5, 5.41) is 2.34. The van der Waals surface area contributed by atoms with E-state index in [1.807, 2.05) is 109 Å². The molecule has 0 spiro atoms. The van der Waals surface area contributed by atoms with Crippen molar-refractivity contribution in [1.29, 1.82) is 0 Å². The van der Waals surface area contributed by atoms with Crippen LogP contribution in [-0.2, 0) is 36.0 Å². The Morgan fingerprint density at radius 3 is 1.21 bits per heavy atom. The second kappa shape index (κ2) is 17.7. The third-order valence-corrected chi connectivity index (χ3v) is 8.39. The minimum Gasteiger partial charge on any atom is -0.493 e. The van der Waals surface area contributed by atoms with E-state index in [4.69, 9.17) is 30.6 Å². The lowest BCUT2D eigenvalue weighted by molar-refractivity contribution is -0.132. The largest absolute Gasteiger partial charge is 0.493 e. The molecule has 4 amide bonds. The van der Waals surface area contributed by atoms with E-state index in [0.29, 0.717) is 25.0 Å². The van der Waals surface area contributed by atoms with E-state index >= 15 is 0 Å². The third-order valence-electron chi connectivity index (χ3n) is 8.39. The van der Waals surface area contributed by atoms with Crippen LogP contribution in [0.2, 0.25) is 0 Å². The van der Waals surface area contributed by atoms with Gasteiger partial charge >= 0.3 is 12.1 Å². The number of carbonyl (C=O) groups excluding carboxylic acids is 2. The van der Waals surface area contributed by atoms with Gasteiger partial charge in [0.2, 0.25) is 0 Å². The molecule has 48 heavy (non-hydrogen) atoms. The van der Waals surface area contributed by atoms with Gasteiger partial charge in [-0.1, -0.05) is 84.9 Å². The smallest absolute Gasteiger partial charge is 0.339 e. The summed E-state index contributed by atoms with van der Waals surface area (Å²) in [5.74, 6) is 2.58. The maximum absolute atomic E-state index is 11.9. The zero-order valence-corrected chi connectivity index (χ0v) is 27.1. The highest BCUT2D eigenvalue weighted by Crippen LogP contribution is 2.30. The molecule has 1 aliphatic carbocycles. The van der Waals surface area contributed by atoms with E-state index in [2.05, 4.69) is 0 Å². The first-order chi connectivity index (χ1) is 23.4. The summed E-state index contributed by atoms with van der Waals surface area (Å²) in [4.78, 5) is 35.1. The molecule has 5 rings (SSSR count). The molecule has 0 unspecified atom stereocenters. The molecule has 0 heterocycles. The number of benzene rings is 4. The molecule has 252 valence electrons. The van der Waals surface area contributed by atoms with E-state index in [9.17, 15) is 9.59 Å². The Labute approximate surface area is 282 Å². The van der Waals surface area contributed by atoms with Gasteiger partial charge in [0.15, 0.2) is 0 Å². The van der Waals surface area contributed by atoms with Crippen LogP contribution >= 0.6 is 0 Å². The summed E-state index contributed by atoms with van der Waals surface area (Å²) < 4.78 is 12.2. The van der Waals surface area contributed by atoms with E-state index in [1.54, 1.807) is 0 Å². The molecule has 1 fully saturated rings. The predicted octanol–water partition coefficient (Wildman–Crippen LogP) is 6.98. The Balaban J connectivity index is 0.980. The Kier molecular flexibility index (Phi) is 12.7. The Bertz CT molecular complexity index is 1430. The lowest BCUT2D eigenvalue weighted by atomic mass is 9.83. The van der Waals surface area contributed by atoms with Crippen LogP contribution in [0.4, 0.5) is 9.59 Å². The molecule has 0 radical (unpaired) electrons. The number of primary amides is 2. The van der Waals surface area contributed by atoms with Crippen molar-refractivity contribution in [2.24, 2.45) is 23.3 Å². The molecular weight excluding hydrogens is 608 g/mol. The molecule has 4 N–H and O–H groups in total. The average molecular weight is 653 g/mol. The van der Waals surface area contributed by atoms with E-state index in [-0.39, 0.29) is 26.3 Å². The summed E-state index contributed by atoms with van der Waals surface area (Å²) in [6.45, 7) is 2.35. The first-order valence-electron chi connectivity index (χ1n) is 16.3. The number of ether oxygens (including phenoxy) is 2. The fourth-order valence-electron chi connectivity index (χ4n) is 5.53. The number of amides is 4. The van der Waals surface area contributed by atoms with Gasteiger partial charge in [0.05, 0.1) is 26.3 Å². The number of hydrogen-bond donors (Lipinski definition) is 2. The average Bonchev–Trinajstić information content (AvgIpc) is 3.12. The van der Waals surface area contributed by atoms with E-state index in [0.717, 1.165) is 59.4 Å². The summed E-state index contributed by atoms with van der Waals surface area (Å²) in [5.41, 5.74) is 14.8. The van der Waals surface area contributed by atoms with Gasteiger partial charge in [-0.05, 0) is 84.0 Å². The molecule has 10 nitrogen and oxygen atoms in total. The molecule has 10 heteroatoms. The minimum absolute atomic E-state index is 0.247. The number of hydroxylamine groups is 4. The molecule has 0 aromatic heterocycles. The van der Waals surface area contributed by atoms with Crippen molar-refractivity contribution in [3.63, 3.8) is 0 Å². The van der Waals surface area contributed by atoms with Crippen LogP contribution in [0.3, 0.4) is 0 Å². The highest BCUT2D eigenvalue weighted by atomic mass is 16.7. The minimum atomic E-state index is -0.639. The molecule has 4 aromatic rings. The molecule has 0 aliphatic heterocycles. The molecule has 0 atom stereocenters. The summed E-state index contributed by atoms with van der Waals surface area (Å²) in [6, 6.07) is 33.3. The Morgan fingerprint density at radius 2 is 0.875 bits per heavy atom. The number of rotatable bonds is 16. The SMILES string of the molecule is NC(=O)N(Cc1ccc(OC[C@H]2CC[C@H](COc3ccc(CN(OCc4ccccc4)C(N)=O)cc3)CC2)cc1)OCc1ccccc1. The van der Waals surface area contributed by atoms with Crippen molar-refractivity contribution < 1.29 is 28.7 Å². The third kappa shape index (κ3) is 11.0. The predicted molar refractivity (Wildman–Crippen MR) is 182 cm³/mol. The second-order valence-electron chi connectivity index (χ2n) is 12.1. The Hall–Kier alpha value is -5.06. The van der Waals surface area contributed by atoms with Gasteiger partial charge in [0, 0.05) is 0 Å². The van der Waals surface area contributed by atoms with Gasteiger partial charge in [-0.15, -0.1) is 0 Å². The standard InChI is InChI=1S/C38H44N4O6/c39-37(43)41(47-27-31-7-3-1-4-8-31)23-29-15-19-35(20-16-29)45-25-33-11-13-34(14-12-33)26-46-36-21-17-30(18-22-36)24-42(38(40)44)48-28-32-9-5-2-6-10-32/h1-10,15-22,33-34H,11-14,23-28H2,(H2,39,43)(H2,40,44)/t33-,34-. The molecule has 0 bridgehead atoms.